The highest BCUT2D eigenvalue weighted by molar-refractivity contribution is 6.35. The molecular formula is C14H11Cl2F2N. The van der Waals surface area contributed by atoms with Crippen LogP contribution in [0.4, 0.5) is 8.78 Å². The Labute approximate surface area is 119 Å². The second-order valence-electron chi connectivity index (χ2n) is 4.21. The van der Waals surface area contributed by atoms with Crippen molar-refractivity contribution in [2.75, 3.05) is 0 Å². The minimum absolute atomic E-state index is 0.131. The topological polar surface area (TPSA) is 26.0 Å². The predicted molar refractivity (Wildman–Crippen MR) is 73.5 cm³/mol. The molecule has 0 spiro atoms. The van der Waals surface area contributed by atoms with Gasteiger partial charge in [0.1, 0.15) is 11.6 Å². The molecule has 1 nitrogen and oxygen atoms in total. The Kier molecular flexibility index (Phi) is 4.40. The highest BCUT2D eigenvalue weighted by Crippen LogP contribution is 2.26. The van der Waals surface area contributed by atoms with Crippen molar-refractivity contribution < 1.29 is 8.78 Å². The molecule has 0 aliphatic rings. The molecule has 0 amide bonds. The molecule has 0 aliphatic heterocycles. The maximum absolute atomic E-state index is 13.6. The quantitative estimate of drug-likeness (QED) is 0.886. The highest BCUT2D eigenvalue weighted by Gasteiger charge is 2.14. The van der Waals surface area contributed by atoms with Crippen LogP contribution in [-0.4, -0.2) is 0 Å². The average molecular weight is 302 g/mol. The monoisotopic (exact) mass is 301 g/mol. The molecule has 0 saturated heterocycles. The summed E-state index contributed by atoms with van der Waals surface area (Å²) in [5.41, 5.74) is 6.77. The van der Waals surface area contributed by atoms with Gasteiger partial charge in [0.05, 0.1) is 0 Å². The Morgan fingerprint density at radius 3 is 2.47 bits per heavy atom. The Balaban J connectivity index is 2.25. The van der Waals surface area contributed by atoms with E-state index in [1.165, 1.54) is 0 Å². The van der Waals surface area contributed by atoms with Gasteiger partial charge in [0.25, 0.3) is 0 Å². The first-order chi connectivity index (χ1) is 8.97. The fourth-order valence-electron chi connectivity index (χ4n) is 1.83. The fourth-order valence-corrected chi connectivity index (χ4v) is 2.32. The molecule has 5 heteroatoms. The summed E-state index contributed by atoms with van der Waals surface area (Å²) >= 11 is 11.8. The second kappa shape index (κ2) is 5.87. The number of halogens is 4. The van der Waals surface area contributed by atoms with E-state index in [1.807, 2.05) is 0 Å². The summed E-state index contributed by atoms with van der Waals surface area (Å²) < 4.78 is 26.7. The van der Waals surface area contributed by atoms with E-state index in [1.54, 1.807) is 18.2 Å². The molecule has 1 unspecified atom stereocenters. The van der Waals surface area contributed by atoms with E-state index in [0.717, 1.165) is 23.8 Å². The summed E-state index contributed by atoms with van der Waals surface area (Å²) in [7, 11) is 0. The first kappa shape index (κ1) is 14.3. The van der Waals surface area contributed by atoms with Gasteiger partial charge in [-0.3, -0.25) is 0 Å². The lowest BCUT2D eigenvalue weighted by Gasteiger charge is -2.14. The summed E-state index contributed by atoms with van der Waals surface area (Å²) in [6.45, 7) is 0. The summed E-state index contributed by atoms with van der Waals surface area (Å²) in [5, 5.41) is 0.971. The van der Waals surface area contributed by atoms with E-state index in [2.05, 4.69) is 0 Å². The molecule has 0 bridgehead atoms. The van der Waals surface area contributed by atoms with Crippen LogP contribution in [0, 0.1) is 11.6 Å². The Bertz CT molecular complexity index is 602. The number of hydrogen-bond acceptors (Lipinski definition) is 1. The van der Waals surface area contributed by atoms with Crippen molar-refractivity contribution in [1.29, 1.82) is 0 Å². The first-order valence-corrected chi connectivity index (χ1v) is 6.37. The minimum atomic E-state index is -0.672. The van der Waals surface area contributed by atoms with Crippen molar-refractivity contribution in [2.45, 2.75) is 12.5 Å². The number of hydrogen-bond donors (Lipinski definition) is 1. The summed E-state index contributed by atoms with van der Waals surface area (Å²) in [4.78, 5) is 0. The van der Waals surface area contributed by atoms with E-state index in [4.69, 9.17) is 28.9 Å². The zero-order chi connectivity index (χ0) is 14.0. The largest absolute Gasteiger partial charge is 0.324 e. The lowest BCUT2D eigenvalue weighted by molar-refractivity contribution is 0.561. The lowest BCUT2D eigenvalue weighted by atomic mass is 9.99. The van der Waals surface area contributed by atoms with Gasteiger partial charge in [0.15, 0.2) is 0 Å². The molecule has 100 valence electrons. The molecule has 2 aromatic carbocycles. The summed E-state index contributed by atoms with van der Waals surface area (Å²) in [6.07, 6.45) is 0.302. The Hall–Kier alpha value is -1.16. The van der Waals surface area contributed by atoms with Crippen LogP contribution in [0.25, 0.3) is 0 Å². The zero-order valence-electron chi connectivity index (χ0n) is 9.84. The van der Waals surface area contributed by atoms with Crippen LogP contribution in [0.5, 0.6) is 0 Å². The minimum Gasteiger partial charge on any atom is -0.324 e. The smallest absolute Gasteiger partial charge is 0.128 e. The van der Waals surface area contributed by atoms with E-state index in [9.17, 15) is 8.78 Å². The molecule has 2 rings (SSSR count). The molecular weight excluding hydrogens is 291 g/mol. The summed E-state index contributed by atoms with van der Waals surface area (Å²) in [5.74, 6) is -1.05. The molecule has 0 aromatic heterocycles. The molecule has 0 heterocycles. The van der Waals surface area contributed by atoms with Gasteiger partial charge in [-0.25, -0.2) is 8.78 Å². The van der Waals surface area contributed by atoms with Gasteiger partial charge < -0.3 is 5.73 Å². The van der Waals surface area contributed by atoms with Crippen LogP contribution in [-0.2, 0) is 6.42 Å². The van der Waals surface area contributed by atoms with Crippen LogP contribution in [0.15, 0.2) is 36.4 Å². The molecule has 1 atom stereocenters. The maximum atomic E-state index is 13.6. The van der Waals surface area contributed by atoms with Crippen LogP contribution in [0.3, 0.4) is 0 Å². The van der Waals surface area contributed by atoms with Gasteiger partial charge in [-0.05, 0) is 42.3 Å². The van der Waals surface area contributed by atoms with Gasteiger partial charge in [0.2, 0.25) is 0 Å². The van der Waals surface area contributed by atoms with Crippen molar-refractivity contribution in [3.05, 3.63) is 69.2 Å². The lowest BCUT2D eigenvalue weighted by Crippen LogP contribution is -2.15. The number of rotatable bonds is 3. The fraction of sp³-hybridized carbons (Fsp3) is 0.143. The highest BCUT2D eigenvalue weighted by atomic mass is 35.5. The van der Waals surface area contributed by atoms with Crippen molar-refractivity contribution >= 4 is 23.2 Å². The third-order valence-corrected chi connectivity index (χ3v) is 3.40. The normalized spacial score (nSPS) is 12.5. The van der Waals surface area contributed by atoms with E-state index < -0.39 is 17.7 Å². The van der Waals surface area contributed by atoms with Gasteiger partial charge in [-0.1, -0.05) is 29.3 Å². The standard InChI is InChI=1S/C14H11Cl2F2N/c15-9-2-1-8(12(16)6-9)5-14(19)11-7-10(17)3-4-13(11)18/h1-4,6-7,14H,5,19H2. The van der Waals surface area contributed by atoms with Crippen molar-refractivity contribution in [2.24, 2.45) is 5.73 Å². The Morgan fingerprint density at radius 2 is 1.79 bits per heavy atom. The molecule has 0 fully saturated rings. The maximum Gasteiger partial charge on any atom is 0.128 e. The van der Waals surface area contributed by atoms with Crippen molar-refractivity contribution in [1.82, 2.24) is 0 Å². The van der Waals surface area contributed by atoms with Gasteiger partial charge in [-0.2, -0.15) is 0 Å². The SMILES string of the molecule is NC(Cc1ccc(Cl)cc1Cl)c1cc(F)ccc1F. The number of nitrogens with two attached hydrogens (primary N) is 1. The van der Waals surface area contributed by atoms with Gasteiger partial charge in [0, 0.05) is 21.7 Å². The van der Waals surface area contributed by atoms with E-state index in [-0.39, 0.29) is 5.56 Å². The molecule has 0 radical (unpaired) electrons. The second-order valence-corrected chi connectivity index (χ2v) is 5.06. The molecule has 19 heavy (non-hydrogen) atoms. The van der Waals surface area contributed by atoms with Crippen LogP contribution < -0.4 is 5.73 Å². The predicted octanol–water partition coefficient (Wildman–Crippen LogP) is 4.51. The third kappa shape index (κ3) is 3.44. The van der Waals surface area contributed by atoms with Crippen LogP contribution in [0.1, 0.15) is 17.2 Å². The molecule has 0 aliphatic carbocycles. The van der Waals surface area contributed by atoms with Gasteiger partial charge in [-0.15, -0.1) is 0 Å². The van der Waals surface area contributed by atoms with Crippen LogP contribution >= 0.6 is 23.2 Å². The summed E-state index contributed by atoms with van der Waals surface area (Å²) in [6, 6.07) is 7.54. The molecule has 0 saturated carbocycles. The van der Waals surface area contributed by atoms with Crippen molar-refractivity contribution in [3.8, 4) is 0 Å². The zero-order valence-corrected chi connectivity index (χ0v) is 11.3. The molecule has 2 N–H and O–H groups in total. The third-order valence-electron chi connectivity index (χ3n) is 2.81. The Morgan fingerprint density at radius 1 is 1.05 bits per heavy atom. The number of benzene rings is 2. The van der Waals surface area contributed by atoms with Crippen LogP contribution in [0.2, 0.25) is 10.0 Å². The van der Waals surface area contributed by atoms with Crippen molar-refractivity contribution in [3.63, 3.8) is 0 Å². The van der Waals surface area contributed by atoms with E-state index in [0.29, 0.717) is 16.5 Å². The van der Waals surface area contributed by atoms with Gasteiger partial charge >= 0.3 is 0 Å². The first-order valence-electron chi connectivity index (χ1n) is 5.62. The average Bonchev–Trinajstić information content (AvgIpc) is 2.35. The van der Waals surface area contributed by atoms with E-state index >= 15 is 0 Å². The molecule has 2 aromatic rings.